The van der Waals surface area contributed by atoms with E-state index in [1.165, 1.54) is 0 Å². The Morgan fingerprint density at radius 3 is 1.58 bits per heavy atom. The lowest BCUT2D eigenvalue weighted by Crippen LogP contribution is -2.36. The first-order valence-electron chi connectivity index (χ1n) is 13.7. The zero-order valence-electron chi connectivity index (χ0n) is 26.3. The molecule has 0 bridgehead atoms. The van der Waals surface area contributed by atoms with E-state index < -0.39 is 20.2 Å². The summed E-state index contributed by atoms with van der Waals surface area (Å²) in [6, 6.07) is 6.09. The number of pyridine rings is 2. The molecule has 0 saturated carbocycles. The van der Waals surface area contributed by atoms with Crippen LogP contribution in [-0.2, 0) is 63.3 Å². The first kappa shape index (κ1) is 39.2. The van der Waals surface area contributed by atoms with Crippen molar-refractivity contribution in [3.05, 3.63) is 47.3 Å². The van der Waals surface area contributed by atoms with Crippen molar-refractivity contribution >= 4 is 55.6 Å². The molecule has 0 atom stereocenters. The van der Waals surface area contributed by atoms with Crippen molar-refractivity contribution < 1.29 is 54.3 Å². The van der Waals surface area contributed by atoms with Crippen molar-refractivity contribution in [2.75, 3.05) is 11.5 Å². The van der Waals surface area contributed by atoms with Crippen LogP contribution in [0.25, 0.3) is 0 Å². The molecule has 45 heavy (non-hydrogen) atoms. The normalized spacial score (nSPS) is 15.1. The summed E-state index contributed by atoms with van der Waals surface area (Å²) < 4.78 is 67.8. The molecular formula is C29H38N4O10S2. The van der Waals surface area contributed by atoms with Crippen LogP contribution in [0, 0.1) is 6.92 Å². The number of carbonyl (C=O) groups excluding carboxylic acids is 4. The summed E-state index contributed by atoms with van der Waals surface area (Å²) in [5.74, 6) is 1.07. The van der Waals surface area contributed by atoms with Gasteiger partial charge >= 0.3 is 23.9 Å². The van der Waals surface area contributed by atoms with Gasteiger partial charge in [-0.2, -0.15) is 19.2 Å². The molecule has 0 aliphatic carbocycles. The van der Waals surface area contributed by atoms with E-state index in [2.05, 4.69) is 43.7 Å². The van der Waals surface area contributed by atoms with Gasteiger partial charge in [-0.3, -0.25) is 0 Å². The highest BCUT2D eigenvalue weighted by atomic mass is 32.2. The molecule has 246 valence electrons. The van der Waals surface area contributed by atoms with Gasteiger partial charge in [-0.15, -0.1) is 0 Å². The van der Waals surface area contributed by atoms with Gasteiger partial charge in [-0.25, -0.2) is 26.0 Å². The summed E-state index contributed by atoms with van der Waals surface area (Å²) in [5, 5.41) is 0. The minimum Gasteiger partial charge on any atom is -0.748 e. The Labute approximate surface area is 263 Å². The van der Waals surface area contributed by atoms with E-state index in [1.54, 1.807) is 0 Å². The molecule has 0 saturated heterocycles. The predicted molar refractivity (Wildman–Crippen MR) is 158 cm³/mol. The van der Waals surface area contributed by atoms with E-state index in [0.29, 0.717) is 25.9 Å². The zero-order chi connectivity index (χ0) is 34.8. The Kier molecular flexibility index (Phi) is 13.9. The lowest BCUT2D eigenvalue weighted by molar-refractivity contribution is -0.684. The van der Waals surface area contributed by atoms with Gasteiger partial charge in [0.25, 0.3) is 0 Å². The molecule has 2 aliphatic heterocycles. The Balaban J connectivity index is 0.000000384. The summed E-state index contributed by atoms with van der Waals surface area (Å²) in [7, 11) is -8.29. The molecule has 0 N–H and O–H groups in total. The second-order valence-electron chi connectivity index (χ2n) is 11.4. The number of aromatic nitrogens is 2. The fraction of sp³-hybridized carbons (Fsp3) is 0.517. The highest BCUT2D eigenvalue weighted by Crippen LogP contribution is 2.38. The van der Waals surface area contributed by atoms with Gasteiger partial charge in [0.05, 0.1) is 67.7 Å². The van der Waals surface area contributed by atoms with E-state index in [-0.39, 0.29) is 34.6 Å². The van der Waals surface area contributed by atoms with Gasteiger partial charge in [0.15, 0.2) is 0 Å². The second kappa shape index (κ2) is 16.0. The van der Waals surface area contributed by atoms with Crippen LogP contribution in [0.5, 0.6) is 0 Å². The highest BCUT2D eigenvalue weighted by Gasteiger charge is 2.41. The van der Waals surface area contributed by atoms with Gasteiger partial charge in [-0.1, -0.05) is 0 Å². The molecule has 0 spiro atoms. The maximum atomic E-state index is 10.7. The number of aliphatic imine (C=N–C) groups is 2. The van der Waals surface area contributed by atoms with Crippen LogP contribution >= 0.6 is 0 Å². The highest BCUT2D eigenvalue weighted by molar-refractivity contribution is 7.85. The standard InChI is InChI=1S/C14H20N2O3S.C13H18N2O3S.2CO2/c1-10-8-12-13(15-11(2)14(12,3)4)16(9-10)6-5-7-20(17,18)19;1-10-13(2,3)11-6-4-7-15(12(11)14-10)8-5-9-19(16,17)18;2*2-1-3/h8-9H,5-7H2,1-4H3;4,6-7H,5,8-9H2,1-3H3;;. The van der Waals surface area contributed by atoms with Crippen molar-refractivity contribution in [3.8, 4) is 0 Å². The van der Waals surface area contributed by atoms with Crippen molar-refractivity contribution in [2.45, 2.75) is 85.2 Å². The number of rotatable bonds is 8. The third-order valence-electron chi connectivity index (χ3n) is 7.58. The largest absolute Gasteiger partial charge is 0.748 e. The van der Waals surface area contributed by atoms with Crippen molar-refractivity contribution in [2.24, 2.45) is 9.98 Å². The van der Waals surface area contributed by atoms with Gasteiger partial charge in [-0.05, 0) is 95.1 Å². The first-order chi connectivity index (χ1) is 20.7. The number of fused-ring (bicyclic) bond motifs is 2. The molecule has 0 radical (unpaired) electrons. The van der Waals surface area contributed by atoms with Crippen LogP contribution in [0.2, 0.25) is 0 Å². The van der Waals surface area contributed by atoms with E-state index in [4.69, 9.17) is 19.2 Å². The number of hydrogen-bond donors (Lipinski definition) is 0. The van der Waals surface area contributed by atoms with Crippen LogP contribution in [0.1, 0.15) is 71.1 Å². The lowest BCUT2D eigenvalue weighted by Gasteiger charge is -2.16. The van der Waals surface area contributed by atoms with Gasteiger partial charge in [0.2, 0.25) is 0 Å². The van der Waals surface area contributed by atoms with Gasteiger partial charge < -0.3 is 9.11 Å². The molecule has 14 nitrogen and oxygen atoms in total. The second-order valence-corrected chi connectivity index (χ2v) is 14.5. The molecule has 0 fully saturated rings. The van der Waals surface area contributed by atoms with Crippen LogP contribution in [0.3, 0.4) is 0 Å². The maximum Gasteiger partial charge on any atom is 0.373 e. The Bertz CT molecular complexity index is 1720. The predicted octanol–water partition coefficient (Wildman–Crippen LogP) is 1.73. The monoisotopic (exact) mass is 666 g/mol. The topological polar surface area (TPSA) is 215 Å². The molecule has 2 aliphatic rings. The quantitative estimate of drug-likeness (QED) is 0.294. The molecule has 0 aromatic carbocycles. The first-order valence-corrected chi connectivity index (χ1v) is 16.9. The van der Waals surface area contributed by atoms with E-state index in [0.717, 1.165) is 39.7 Å². The summed E-state index contributed by atoms with van der Waals surface area (Å²) in [5.41, 5.74) is 5.28. The summed E-state index contributed by atoms with van der Waals surface area (Å²) in [6.45, 7) is 15.5. The number of aryl methyl sites for hydroxylation is 3. The van der Waals surface area contributed by atoms with Crippen LogP contribution in [0.15, 0.2) is 40.6 Å². The fourth-order valence-electron chi connectivity index (χ4n) is 4.69. The third kappa shape index (κ3) is 11.3. The minimum absolute atomic E-state index is 0.0943. The Hall–Kier alpha value is -3.78. The lowest BCUT2D eigenvalue weighted by atomic mass is 9.82. The summed E-state index contributed by atoms with van der Waals surface area (Å²) in [4.78, 5) is 41.7. The maximum absolute atomic E-state index is 10.7. The van der Waals surface area contributed by atoms with Crippen molar-refractivity contribution in [1.82, 2.24) is 0 Å². The molecule has 0 unspecified atom stereocenters. The summed E-state index contributed by atoms with van der Waals surface area (Å²) in [6.07, 6.45) is 4.94. The van der Waals surface area contributed by atoms with Crippen molar-refractivity contribution in [1.29, 1.82) is 0 Å². The Morgan fingerprint density at radius 1 is 0.733 bits per heavy atom. The summed E-state index contributed by atoms with van der Waals surface area (Å²) >= 11 is 0. The van der Waals surface area contributed by atoms with Crippen LogP contribution in [-0.4, -0.2) is 61.2 Å². The average molecular weight is 667 g/mol. The smallest absolute Gasteiger partial charge is 0.373 e. The molecule has 0 amide bonds. The van der Waals surface area contributed by atoms with E-state index in [1.807, 2.05) is 54.4 Å². The number of hydrogen-bond acceptors (Lipinski definition) is 12. The van der Waals surface area contributed by atoms with Gasteiger partial charge in [0.1, 0.15) is 11.4 Å². The SMILES string of the molecule is CC1=Nc2c(cc(C)c[n+]2CCCS(=O)(=O)[O-])C1(C)C.CC1=Nc2c(ccc[n+]2CCCS(=O)(=O)[O-])C1(C)C.O=C=O.O=C=O. The zero-order valence-corrected chi connectivity index (χ0v) is 28.0. The minimum atomic E-state index is -4.15. The molecule has 2 aromatic heterocycles. The van der Waals surface area contributed by atoms with E-state index >= 15 is 0 Å². The fourth-order valence-corrected chi connectivity index (χ4v) is 5.66. The molecular weight excluding hydrogens is 628 g/mol. The molecule has 2 aromatic rings. The molecule has 4 heterocycles. The van der Waals surface area contributed by atoms with Gasteiger partial charge in [0, 0.05) is 11.5 Å². The Morgan fingerprint density at radius 2 is 1.13 bits per heavy atom. The number of nitrogens with zero attached hydrogens (tertiary/aromatic N) is 4. The molecule has 16 heteroatoms. The van der Waals surface area contributed by atoms with Crippen molar-refractivity contribution in [3.63, 3.8) is 0 Å². The third-order valence-corrected chi connectivity index (χ3v) is 9.15. The van der Waals surface area contributed by atoms with Crippen LogP contribution in [0.4, 0.5) is 11.6 Å². The van der Waals surface area contributed by atoms with E-state index in [9.17, 15) is 25.9 Å². The molecule has 4 rings (SSSR count). The van der Waals surface area contributed by atoms with Crippen LogP contribution < -0.4 is 9.13 Å². The average Bonchev–Trinajstić information content (AvgIpc) is 3.27.